The molecule has 0 saturated carbocycles. The predicted molar refractivity (Wildman–Crippen MR) is 115 cm³/mol. The number of carbonyl (C=O) groups excluding carboxylic acids is 6. The van der Waals surface area contributed by atoms with Gasteiger partial charge in [-0.25, -0.2) is 9.69 Å². The van der Waals surface area contributed by atoms with E-state index < -0.39 is 59.2 Å². The molecule has 6 amide bonds. The number of hydrogen-bond acceptors (Lipinski definition) is 7. The number of benzene rings is 1. The zero-order valence-corrected chi connectivity index (χ0v) is 19.2. The third-order valence-electron chi connectivity index (χ3n) is 5.35. The predicted octanol–water partition coefficient (Wildman–Crippen LogP) is 1.88. The molecule has 0 spiro atoms. The number of imide groups is 4. The first kappa shape index (κ1) is 24.1. The maximum Gasteiger partial charge on any atom is 0.408 e. The molecular weight excluding hydrogens is 430 g/mol. The van der Waals surface area contributed by atoms with E-state index in [-0.39, 0.29) is 24.0 Å². The third-order valence-corrected chi connectivity index (χ3v) is 5.35. The van der Waals surface area contributed by atoms with Crippen molar-refractivity contribution in [3.8, 4) is 0 Å². The summed E-state index contributed by atoms with van der Waals surface area (Å²) in [4.78, 5) is 78.2. The van der Waals surface area contributed by atoms with Crippen molar-refractivity contribution in [3.63, 3.8) is 0 Å². The minimum atomic E-state index is -1.30. The van der Waals surface area contributed by atoms with Crippen LogP contribution in [0.25, 0.3) is 0 Å². The lowest BCUT2D eigenvalue weighted by Crippen LogP contribution is -2.62. The summed E-state index contributed by atoms with van der Waals surface area (Å²) in [7, 11) is 0. The molecule has 2 heterocycles. The maximum atomic E-state index is 13.2. The zero-order chi connectivity index (χ0) is 24.7. The average molecular weight is 457 g/mol. The van der Waals surface area contributed by atoms with Gasteiger partial charge in [-0.1, -0.05) is 26.0 Å². The van der Waals surface area contributed by atoms with Gasteiger partial charge in [0.15, 0.2) is 0 Å². The molecule has 0 bridgehead atoms. The van der Waals surface area contributed by atoms with Crippen molar-refractivity contribution in [2.24, 2.45) is 5.92 Å². The van der Waals surface area contributed by atoms with E-state index in [4.69, 9.17) is 4.74 Å². The van der Waals surface area contributed by atoms with Gasteiger partial charge in [0.25, 0.3) is 23.6 Å². The van der Waals surface area contributed by atoms with Crippen molar-refractivity contribution in [2.75, 3.05) is 0 Å². The molecule has 2 unspecified atom stereocenters. The Morgan fingerprint density at radius 1 is 1.03 bits per heavy atom. The molecule has 1 saturated heterocycles. The Hall–Kier alpha value is -3.56. The second-order valence-electron chi connectivity index (χ2n) is 9.35. The lowest BCUT2D eigenvalue weighted by molar-refractivity contribution is -0.160. The Kier molecular flexibility index (Phi) is 6.40. The molecule has 1 aromatic carbocycles. The molecule has 1 aromatic rings. The molecule has 1 N–H and O–H groups in total. The lowest BCUT2D eigenvalue weighted by Gasteiger charge is -2.35. The number of nitrogens with one attached hydrogen (secondary N) is 1. The van der Waals surface area contributed by atoms with E-state index in [0.717, 1.165) is 4.90 Å². The van der Waals surface area contributed by atoms with E-state index in [2.05, 4.69) is 5.32 Å². The second kappa shape index (κ2) is 8.76. The van der Waals surface area contributed by atoms with Crippen LogP contribution in [-0.2, 0) is 19.1 Å². The first-order valence-corrected chi connectivity index (χ1v) is 10.7. The van der Waals surface area contributed by atoms with Crippen LogP contribution in [0.5, 0.6) is 0 Å². The standard InChI is InChI=1S/C23H27N3O7/c1-12(2)17(24-22(32)33-23(3,4)5)21(31)26-16(27)11-10-15(20(26)30)25-18(28)13-8-6-7-9-14(13)19(25)29/h6-9,12,15,17H,10-11H2,1-5H3,(H,24,32). The Balaban J connectivity index is 1.85. The first-order chi connectivity index (χ1) is 15.3. The molecule has 10 nitrogen and oxygen atoms in total. The van der Waals surface area contributed by atoms with Gasteiger partial charge in [0.1, 0.15) is 17.7 Å². The van der Waals surface area contributed by atoms with Crippen molar-refractivity contribution in [3.05, 3.63) is 35.4 Å². The van der Waals surface area contributed by atoms with Crippen molar-refractivity contribution < 1.29 is 33.5 Å². The SMILES string of the molecule is CC(C)C(NC(=O)OC(C)(C)C)C(=O)N1C(=O)CCC(N2C(=O)c3ccccc3C2=O)C1=O. The second-order valence-corrected chi connectivity index (χ2v) is 9.35. The summed E-state index contributed by atoms with van der Waals surface area (Å²) >= 11 is 0. The maximum absolute atomic E-state index is 13.2. The van der Waals surface area contributed by atoms with Gasteiger partial charge >= 0.3 is 6.09 Å². The fraction of sp³-hybridized carbons (Fsp3) is 0.478. The summed E-state index contributed by atoms with van der Waals surface area (Å²) in [5.41, 5.74) is -0.490. The smallest absolute Gasteiger partial charge is 0.408 e. The molecular formula is C23H27N3O7. The highest BCUT2D eigenvalue weighted by atomic mass is 16.6. The number of carbonyl (C=O) groups is 6. The van der Waals surface area contributed by atoms with E-state index >= 15 is 0 Å². The van der Waals surface area contributed by atoms with Gasteiger partial charge in [-0.15, -0.1) is 0 Å². The number of rotatable bonds is 4. The summed E-state index contributed by atoms with van der Waals surface area (Å²) in [5.74, 6) is -4.44. The highest BCUT2D eigenvalue weighted by molar-refractivity contribution is 6.24. The monoisotopic (exact) mass is 457 g/mol. The summed E-state index contributed by atoms with van der Waals surface area (Å²) < 4.78 is 5.19. The molecule has 1 fully saturated rings. The summed E-state index contributed by atoms with van der Waals surface area (Å²) in [6.07, 6.45) is -1.17. The number of piperidine rings is 1. The number of alkyl carbamates (subject to hydrolysis) is 1. The van der Waals surface area contributed by atoms with Crippen LogP contribution in [0.1, 0.15) is 68.2 Å². The Morgan fingerprint density at radius 2 is 1.58 bits per heavy atom. The number of fused-ring (bicyclic) bond motifs is 1. The molecule has 0 aliphatic carbocycles. The first-order valence-electron chi connectivity index (χ1n) is 10.7. The van der Waals surface area contributed by atoms with E-state index in [1.807, 2.05) is 0 Å². The minimum absolute atomic E-state index is 0.0846. The number of amides is 6. The van der Waals surface area contributed by atoms with Crippen LogP contribution in [-0.4, -0.2) is 63.1 Å². The Labute approximate surface area is 191 Å². The molecule has 0 radical (unpaired) electrons. The van der Waals surface area contributed by atoms with Crippen molar-refractivity contribution in [1.29, 1.82) is 0 Å². The largest absolute Gasteiger partial charge is 0.444 e. The van der Waals surface area contributed by atoms with Crippen molar-refractivity contribution >= 4 is 35.6 Å². The normalized spacial score (nSPS) is 19.6. The minimum Gasteiger partial charge on any atom is -0.444 e. The number of ether oxygens (including phenoxy) is 1. The van der Waals surface area contributed by atoms with Crippen molar-refractivity contribution in [1.82, 2.24) is 15.1 Å². The highest BCUT2D eigenvalue weighted by Crippen LogP contribution is 2.29. The van der Waals surface area contributed by atoms with Crippen LogP contribution >= 0.6 is 0 Å². The summed E-state index contributed by atoms with van der Waals surface area (Å²) in [6.45, 7) is 8.25. The number of nitrogens with zero attached hydrogens (tertiary/aromatic N) is 2. The summed E-state index contributed by atoms with van der Waals surface area (Å²) in [6, 6.07) is 3.64. The molecule has 2 aliphatic heterocycles. The van der Waals surface area contributed by atoms with Gasteiger partial charge in [-0.2, -0.15) is 0 Å². The van der Waals surface area contributed by atoms with E-state index in [1.54, 1.807) is 46.8 Å². The molecule has 2 aliphatic rings. The highest BCUT2D eigenvalue weighted by Gasteiger charge is 2.49. The Bertz CT molecular complexity index is 1010. The van der Waals surface area contributed by atoms with Gasteiger partial charge in [0.05, 0.1) is 11.1 Å². The summed E-state index contributed by atoms with van der Waals surface area (Å²) in [5, 5.41) is 2.42. The fourth-order valence-corrected chi connectivity index (χ4v) is 3.82. The van der Waals surface area contributed by atoms with Gasteiger partial charge in [0.2, 0.25) is 5.91 Å². The fourth-order valence-electron chi connectivity index (χ4n) is 3.82. The third kappa shape index (κ3) is 4.64. The van der Waals surface area contributed by atoms with Crippen LogP contribution < -0.4 is 5.32 Å². The number of likely N-dealkylation sites (tertiary alicyclic amines) is 1. The van der Waals surface area contributed by atoms with Gasteiger partial charge in [-0.05, 0) is 45.2 Å². The average Bonchev–Trinajstić information content (AvgIpc) is 2.96. The molecule has 2 atom stereocenters. The Morgan fingerprint density at radius 3 is 2.06 bits per heavy atom. The van der Waals surface area contributed by atoms with Gasteiger partial charge in [-0.3, -0.25) is 28.9 Å². The quantitative estimate of drug-likeness (QED) is 0.683. The molecule has 3 rings (SSSR count). The molecule has 176 valence electrons. The van der Waals surface area contributed by atoms with E-state index in [1.165, 1.54) is 12.1 Å². The van der Waals surface area contributed by atoms with Gasteiger partial charge in [0, 0.05) is 6.42 Å². The van der Waals surface area contributed by atoms with Gasteiger partial charge < -0.3 is 10.1 Å². The zero-order valence-electron chi connectivity index (χ0n) is 19.2. The van der Waals surface area contributed by atoms with E-state index in [9.17, 15) is 28.8 Å². The van der Waals surface area contributed by atoms with Crippen LogP contribution in [0.4, 0.5) is 4.79 Å². The molecule has 0 aromatic heterocycles. The van der Waals surface area contributed by atoms with E-state index in [0.29, 0.717) is 4.90 Å². The lowest BCUT2D eigenvalue weighted by atomic mass is 9.98. The topological polar surface area (TPSA) is 130 Å². The number of hydrogen-bond donors (Lipinski definition) is 1. The van der Waals surface area contributed by atoms with Crippen LogP contribution in [0, 0.1) is 5.92 Å². The van der Waals surface area contributed by atoms with Crippen LogP contribution in [0.2, 0.25) is 0 Å². The van der Waals surface area contributed by atoms with Crippen molar-refractivity contribution in [2.45, 2.75) is 65.1 Å². The van der Waals surface area contributed by atoms with Crippen LogP contribution in [0.3, 0.4) is 0 Å². The van der Waals surface area contributed by atoms with Crippen LogP contribution in [0.15, 0.2) is 24.3 Å². The molecule has 10 heteroatoms. The molecule has 33 heavy (non-hydrogen) atoms.